The van der Waals surface area contributed by atoms with E-state index in [-0.39, 0.29) is 0 Å². The van der Waals surface area contributed by atoms with E-state index >= 15 is 0 Å². The molecule has 0 amide bonds. The Bertz CT molecular complexity index is 493. The zero-order valence-corrected chi connectivity index (χ0v) is 12.0. The summed E-state index contributed by atoms with van der Waals surface area (Å²) < 4.78 is 11.5. The predicted molar refractivity (Wildman–Crippen MR) is 80.8 cm³/mol. The molecular weight excluding hydrogens is 248 g/mol. The number of rotatable bonds is 6. The molecule has 0 spiro atoms. The maximum atomic E-state index is 5.73. The summed E-state index contributed by atoms with van der Waals surface area (Å²) in [5.74, 6) is 1.65. The lowest BCUT2D eigenvalue weighted by Gasteiger charge is -2.12. The van der Waals surface area contributed by atoms with Crippen LogP contribution in [0.3, 0.4) is 0 Å². The molecule has 20 heavy (non-hydrogen) atoms. The van der Waals surface area contributed by atoms with Crippen molar-refractivity contribution in [1.82, 2.24) is 0 Å². The first-order valence-electron chi connectivity index (χ1n) is 6.76. The van der Waals surface area contributed by atoms with Crippen LogP contribution in [-0.4, -0.2) is 0 Å². The summed E-state index contributed by atoms with van der Waals surface area (Å²) >= 11 is 0. The van der Waals surface area contributed by atoms with Gasteiger partial charge < -0.3 is 9.47 Å². The Hall–Kier alpha value is -2.22. The zero-order chi connectivity index (χ0) is 14.2. The van der Waals surface area contributed by atoms with Crippen LogP contribution in [0.25, 0.3) is 0 Å². The zero-order valence-electron chi connectivity index (χ0n) is 12.0. The van der Waals surface area contributed by atoms with Gasteiger partial charge in [0.25, 0.3) is 0 Å². The normalized spacial score (nSPS) is 11.7. The topological polar surface area (TPSA) is 18.5 Å². The van der Waals surface area contributed by atoms with Gasteiger partial charge in [-0.2, -0.15) is 0 Å². The SMILES string of the molecule is CC(OCc1ccccc1)=C(C)OCc1ccccc1. The van der Waals surface area contributed by atoms with E-state index in [1.165, 1.54) is 0 Å². The fourth-order valence-electron chi connectivity index (χ4n) is 1.73. The molecule has 2 heteroatoms. The largest absolute Gasteiger partial charge is 0.490 e. The van der Waals surface area contributed by atoms with E-state index < -0.39 is 0 Å². The molecule has 2 aromatic carbocycles. The number of hydrogen-bond donors (Lipinski definition) is 0. The molecule has 2 aromatic rings. The lowest BCUT2D eigenvalue weighted by atomic mass is 10.2. The molecule has 0 N–H and O–H groups in total. The van der Waals surface area contributed by atoms with Gasteiger partial charge in [0.15, 0.2) is 0 Å². The number of benzene rings is 2. The highest BCUT2D eigenvalue weighted by atomic mass is 16.5. The average molecular weight is 268 g/mol. The van der Waals surface area contributed by atoms with Crippen LogP contribution in [0.5, 0.6) is 0 Å². The molecule has 2 rings (SSSR count). The highest BCUT2D eigenvalue weighted by Gasteiger charge is 2.01. The molecule has 0 radical (unpaired) electrons. The quantitative estimate of drug-likeness (QED) is 0.709. The van der Waals surface area contributed by atoms with E-state index in [0.29, 0.717) is 13.2 Å². The van der Waals surface area contributed by atoms with Gasteiger partial charge in [0.2, 0.25) is 0 Å². The molecule has 0 aromatic heterocycles. The molecule has 0 fully saturated rings. The van der Waals surface area contributed by atoms with Gasteiger partial charge in [-0.25, -0.2) is 0 Å². The predicted octanol–water partition coefficient (Wildman–Crippen LogP) is 4.67. The molecule has 104 valence electrons. The van der Waals surface area contributed by atoms with Crippen LogP contribution < -0.4 is 0 Å². The molecule has 0 heterocycles. The standard InChI is InChI=1S/C18H20O2/c1-15(19-13-17-9-5-3-6-10-17)16(2)20-14-18-11-7-4-8-12-18/h3-12H,13-14H2,1-2H3. The Kier molecular flexibility index (Phi) is 5.24. The van der Waals surface area contributed by atoms with Crippen LogP contribution >= 0.6 is 0 Å². The van der Waals surface area contributed by atoms with Crippen molar-refractivity contribution in [1.29, 1.82) is 0 Å². The van der Waals surface area contributed by atoms with E-state index in [9.17, 15) is 0 Å². The Balaban J connectivity index is 1.84. The van der Waals surface area contributed by atoms with Crippen LogP contribution in [-0.2, 0) is 22.7 Å². The highest BCUT2D eigenvalue weighted by Crippen LogP contribution is 2.12. The summed E-state index contributed by atoms with van der Waals surface area (Å²) in [7, 11) is 0. The second-order valence-corrected chi connectivity index (χ2v) is 4.66. The van der Waals surface area contributed by atoms with Gasteiger partial charge in [-0.3, -0.25) is 0 Å². The molecule has 0 aliphatic heterocycles. The second kappa shape index (κ2) is 7.39. The van der Waals surface area contributed by atoms with Gasteiger partial charge >= 0.3 is 0 Å². The minimum Gasteiger partial charge on any atom is -0.490 e. The summed E-state index contributed by atoms with van der Waals surface area (Å²) in [4.78, 5) is 0. The fourth-order valence-corrected chi connectivity index (χ4v) is 1.73. The Morgan fingerprint density at radius 3 is 1.35 bits per heavy atom. The van der Waals surface area contributed by atoms with Crippen molar-refractivity contribution in [2.75, 3.05) is 0 Å². The molecule has 0 saturated heterocycles. The summed E-state index contributed by atoms with van der Waals surface area (Å²) in [5, 5.41) is 0. The molecule has 0 saturated carbocycles. The summed E-state index contributed by atoms with van der Waals surface area (Å²) in [6.07, 6.45) is 0. The van der Waals surface area contributed by atoms with Crippen molar-refractivity contribution >= 4 is 0 Å². The Labute approximate surface area is 120 Å². The smallest absolute Gasteiger partial charge is 0.131 e. The van der Waals surface area contributed by atoms with E-state index in [0.717, 1.165) is 22.6 Å². The molecule has 0 aliphatic carbocycles. The first kappa shape index (κ1) is 14.2. The number of allylic oxidation sites excluding steroid dienone is 2. The molecule has 0 bridgehead atoms. The van der Waals surface area contributed by atoms with Crippen LogP contribution in [0, 0.1) is 0 Å². The molecule has 0 aliphatic rings. The van der Waals surface area contributed by atoms with Crippen molar-refractivity contribution in [2.45, 2.75) is 27.1 Å². The van der Waals surface area contributed by atoms with Crippen molar-refractivity contribution in [3.63, 3.8) is 0 Å². The van der Waals surface area contributed by atoms with Crippen molar-refractivity contribution in [2.24, 2.45) is 0 Å². The summed E-state index contributed by atoms with van der Waals surface area (Å²) in [6, 6.07) is 20.2. The molecular formula is C18H20O2. The Morgan fingerprint density at radius 2 is 1.00 bits per heavy atom. The number of hydrogen-bond acceptors (Lipinski definition) is 2. The van der Waals surface area contributed by atoms with E-state index in [1.807, 2.05) is 74.5 Å². The number of ether oxygens (including phenoxy) is 2. The molecule has 0 unspecified atom stereocenters. The lowest BCUT2D eigenvalue weighted by molar-refractivity contribution is 0.141. The first-order valence-corrected chi connectivity index (χ1v) is 6.76. The highest BCUT2D eigenvalue weighted by molar-refractivity contribution is 5.15. The van der Waals surface area contributed by atoms with E-state index in [2.05, 4.69) is 0 Å². The molecule has 2 nitrogen and oxygen atoms in total. The first-order chi connectivity index (χ1) is 9.75. The van der Waals surface area contributed by atoms with Crippen LogP contribution in [0.4, 0.5) is 0 Å². The lowest BCUT2D eigenvalue weighted by Crippen LogP contribution is -1.97. The minimum absolute atomic E-state index is 0.568. The van der Waals surface area contributed by atoms with Crippen molar-refractivity contribution in [3.8, 4) is 0 Å². The van der Waals surface area contributed by atoms with Gasteiger partial charge in [0.05, 0.1) is 0 Å². The van der Waals surface area contributed by atoms with Crippen LogP contribution in [0.1, 0.15) is 25.0 Å². The van der Waals surface area contributed by atoms with Crippen LogP contribution in [0.15, 0.2) is 72.2 Å². The Morgan fingerprint density at radius 1 is 0.650 bits per heavy atom. The van der Waals surface area contributed by atoms with Gasteiger partial charge in [0.1, 0.15) is 24.7 Å². The summed E-state index contributed by atoms with van der Waals surface area (Å²) in [6.45, 7) is 5.00. The third kappa shape index (κ3) is 4.47. The van der Waals surface area contributed by atoms with Gasteiger partial charge in [-0.15, -0.1) is 0 Å². The van der Waals surface area contributed by atoms with Gasteiger partial charge in [0, 0.05) is 0 Å². The average Bonchev–Trinajstić information content (AvgIpc) is 2.52. The summed E-state index contributed by atoms with van der Waals surface area (Å²) in [5.41, 5.74) is 2.31. The van der Waals surface area contributed by atoms with Crippen molar-refractivity contribution in [3.05, 3.63) is 83.3 Å². The monoisotopic (exact) mass is 268 g/mol. The van der Waals surface area contributed by atoms with Crippen LogP contribution in [0.2, 0.25) is 0 Å². The van der Waals surface area contributed by atoms with Crippen molar-refractivity contribution < 1.29 is 9.47 Å². The van der Waals surface area contributed by atoms with E-state index in [4.69, 9.17) is 9.47 Å². The molecule has 0 atom stereocenters. The fraction of sp³-hybridized carbons (Fsp3) is 0.222. The third-order valence-corrected chi connectivity index (χ3v) is 3.09. The van der Waals surface area contributed by atoms with E-state index in [1.54, 1.807) is 0 Å². The third-order valence-electron chi connectivity index (χ3n) is 3.09. The van der Waals surface area contributed by atoms with Gasteiger partial charge in [-0.05, 0) is 25.0 Å². The second-order valence-electron chi connectivity index (χ2n) is 4.66. The maximum Gasteiger partial charge on any atom is 0.131 e. The minimum atomic E-state index is 0.568. The van der Waals surface area contributed by atoms with Gasteiger partial charge in [-0.1, -0.05) is 60.7 Å². The maximum absolute atomic E-state index is 5.73.